The Hall–Kier alpha value is -0.123. The van der Waals surface area contributed by atoms with Crippen LogP contribution in [-0.2, 0) is 8.85 Å². The maximum absolute atomic E-state index is 6.18. The van der Waals surface area contributed by atoms with Crippen molar-refractivity contribution in [2.45, 2.75) is 58.6 Å². The van der Waals surface area contributed by atoms with Crippen molar-refractivity contribution >= 4 is 8.56 Å². The molecule has 15 heavy (non-hydrogen) atoms. The molecular weight excluding hydrogens is 204 g/mol. The highest BCUT2D eigenvalue weighted by Gasteiger charge is 2.50. The van der Waals surface area contributed by atoms with Crippen LogP contribution < -0.4 is 0 Å². The Morgan fingerprint density at radius 2 is 1.67 bits per heavy atom. The van der Waals surface area contributed by atoms with E-state index in [9.17, 15) is 0 Å². The van der Waals surface area contributed by atoms with Gasteiger partial charge in [-0.15, -0.1) is 6.58 Å². The van der Waals surface area contributed by atoms with E-state index < -0.39 is 8.56 Å². The lowest BCUT2D eigenvalue weighted by molar-refractivity contribution is 0.0660. The molecular formula is C12H26O2Si. The van der Waals surface area contributed by atoms with Gasteiger partial charge < -0.3 is 8.85 Å². The Morgan fingerprint density at radius 3 is 1.87 bits per heavy atom. The molecule has 0 heterocycles. The first-order valence-electron chi connectivity index (χ1n) is 5.53. The van der Waals surface area contributed by atoms with E-state index in [0.29, 0.717) is 0 Å². The fourth-order valence-corrected chi connectivity index (χ4v) is 4.68. The summed E-state index contributed by atoms with van der Waals surface area (Å²) >= 11 is 0. The third kappa shape index (κ3) is 3.43. The van der Waals surface area contributed by atoms with Crippen LogP contribution >= 0.6 is 0 Å². The molecule has 0 aromatic heterocycles. The van der Waals surface area contributed by atoms with Crippen LogP contribution in [0.2, 0.25) is 5.04 Å². The van der Waals surface area contributed by atoms with Crippen molar-refractivity contribution in [3.8, 4) is 0 Å². The first kappa shape index (κ1) is 14.9. The number of hydrogen-bond donors (Lipinski definition) is 0. The second kappa shape index (κ2) is 4.81. The van der Waals surface area contributed by atoms with Gasteiger partial charge in [0, 0.05) is 12.1 Å². The largest absolute Gasteiger partial charge is 0.394 e. The van der Waals surface area contributed by atoms with Gasteiger partial charge in [-0.05, 0) is 32.9 Å². The zero-order valence-electron chi connectivity index (χ0n) is 11.3. The molecule has 0 amide bonds. The van der Waals surface area contributed by atoms with E-state index in [1.165, 1.54) is 0 Å². The fourth-order valence-electron chi connectivity index (χ4n) is 1.56. The number of hydrogen-bond acceptors (Lipinski definition) is 2. The van der Waals surface area contributed by atoms with Crippen LogP contribution in [0, 0.1) is 0 Å². The van der Waals surface area contributed by atoms with Crippen LogP contribution in [0.1, 0.15) is 48.0 Å². The Bertz CT molecular complexity index is 218. The van der Waals surface area contributed by atoms with Gasteiger partial charge in [-0.1, -0.05) is 20.8 Å². The van der Waals surface area contributed by atoms with Crippen LogP contribution in [-0.4, -0.2) is 21.3 Å². The predicted octanol–water partition coefficient (Wildman–Crippen LogP) is 3.81. The van der Waals surface area contributed by atoms with Crippen molar-refractivity contribution in [1.29, 1.82) is 0 Å². The van der Waals surface area contributed by atoms with Gasteiger partial charge in [0.25, 0.3) is 0 Å². The molecule has 0 aliphatic rings. The van der Waals surface area contributed by atoms with Gasteiger partial charge in [-0.25, -0.2) is 0 Å². The molecule has 0 fully saturated rings. The second-order valence-electron chi connectivity index (χ2n) is 5.53. The first-order chi connectivity index (χ1) is 6.64. The van der Waals surface area contributed by atoms with Crippen LogP contribution in [0.3, 0.4) is 0 Å². The first-order valence-corrected chi connectivity index (χ1v) is 7.42. The minimum atomic E-state index is -2.34. The molecule has 2 nitrogen and oxygen atoms in total. The minimum Gasteiger partial charge on any atom is -0.394 e. The smallest absolute Gasteiger partial charge is 0.370 e. The van der Waals surface area contributed by atoms with Gasteiger partial charge in [-0.3, -0.25) is 0 Å². The molecule has 0 saturated carbocycles. The Labute approximate surface area is 95.9 Å². The molecule has 1 unspecified atom stereocenters. The highest BCUT2D eigenvalue weighted by atomic mass is 28.4. The molecule has 0 radical (unpaired) electrons. The van der Waals surface area contributed by atoms with E-state index in [1.807, 2.05) is 5.70 Å². The minimum absolute atomic E-state index is 0.0385. The summed E-state index contributed by atoms with van der Waals surface area (Å²) in [4.78, 5) is 0. The van der Waals surface area contributed by atoms with E-state index >= 15 is 0 Å². The highest BCUT2D eigenvalue weighted by Crippen LogP contribution is 2.43. The maximum atomic E-state index is 6.18. The van der Waals surface area contributed by atoms with E-state index in [-0.39, 0.29) is 10.6 Å². The summed E-state index contributed by atoms with van der Waals surface area (Å²) < 4.78 is 11.9. The summed E-state index contributed by atoms with van der Waals surface area (Å²) in [7, 11) is -0.609. The van der Waals surface area contributed by atoms with Crippen molar-refractivity contribution in [3.05, 3.63) is 12.3 Å². The zero-order valence-corrected chi connectivity index (χ0v) is 12.3. The summed E-state index contributed by atoms with van der Waals surface area (Å²) in [6, 6.07) is 0. The van der Waals surface area contributed by atoms with Gasteiger partial charge in [0.05, 0.1) is 5.60 Å². The van der Waals surface area contributed by atoms with Gasteiger partial charge in [0.1, 0.15) is 0 Å². The number of rotatable bonds is 5. The monoisotopic (exact) mass is 230 g/mol. The molecule has 0 bridgehead atoms. The van der Waals surface area contributed by atoms with E-state index in [1.54, 1.807) is 7.11 Å². The van der Waals surface area contributed by atoms with Crippen LogP contribution in [0.25, 0.3) is 0 Å². The Balaban J connectivity index is 5.14. The lowest BCUT2D eigenvalue weighted by Crippen LogP contribution is -2.53. The van der Waals surface area contributed by atoms with E-state index in [4.69, 9.17) is 8.85 Å². The molecule has 3 heteroatoms. The predicted molar refractivity (Wildman–Crippen MR) is 68.1 cm³/mol. The average molecular weight is 230 g/mol. The topological polar surface area (TPSA) is 18.5 Å². The molecule has 0 aliphatic carbocycles. The molecule has 0 rings (SSSR count). The van der Waals surface area contributed by atoms with E-state index in [2.05, 4.69) is 48.1 Å². The Morgan fingerprint density at radius 1 is 1.20 bits per heavy atom. The Kier molecular flexibility index (Phi) is 4.77. The standard InChI is InChI=1S/C12H26O2Si/c1-9-12(6,7)15(10-2,13-8)14-11(3,4)5/h10H,2,9H2,1,3-8H3. The summed E-state index contributed by atoms with van der Waals surface area (Å²) in [6.07, 6.45) is 1.02. The van der Waals surface area contributed by atoms with Crippen molar-refractivity contribution < 1.29 is 8.85 Å². The normalized spacial score (nSPS) is 17.3. The molecule has 0 aromatic rings. The molecule has 90 valence electrons. The molecule has 0 N–H and O–H groups in total. The van der Waals surface area contributed by atoms with E-state index in [0.717, 1.165) is 6.42 Å². The maximum Gasteiger partial charge on any atom is 0.370 e. The summed E-state index contributed by atoms with van der Waals surface area (Å²) in [5.74, 6) is 0. The summed E-state index contributed by atoms with van der Waals surface area (Å²) in [5, 5.41) is 0.0385. The van der Waals surface area contributed by atoms with Crippen LogP contribution in [0.5, 0.6) is 0 Å². The van der Waals surface area contributed by atoms with Crippen LogP contribution in [0.4, 0.5) is 0 Å². The van der Waals surface area contributed by atoms with Crippen molar-refractivity contribution in [2.24, 2.45) is 0 Å². The molecule has 1 atom stereocenters. The molecule has 0 aromatic carbocycles. The van der Waals surface area contributed by atoms with Gasteiger partial charge >= 0.3 is 8.56 Å². The SMILES string of the molecule is C=C[Si](OC)(OC(C)(C)C)C(C)(C)CC. The fraction of sp³-hybridized carbons (Fsp3) is 0.833. The highest BCUT2D eigenvalue weighted by molar-refractivity contribution is 6.75. The molecule has 0 saturated heterocycles. The van der Waals surface area contributed by atoms with Crippen molar-refractivity contribution in [1.82, 2.24) is 0 Å². The lowest BCUT2D eigenvalue weighted by atomic mass is 10.1. The van der Waals surface area contributed by atoms with Gasteiger partial charge in [0.2, 0.25) is 0 Å². The lowest BCUT2D eigenvalue weighted by Gasteiger charge is -2.43. The van der Waals surface area contributed by atoms with Crippen molar-refractivity contribution in [3.63, 3.8) is 0 Å². The second-order valence-corrected chi connectivity index (χ2v) is 9.24. The van der Waals surface area contributed by atoms with Gasteiger partial charge in [-0.2, -0.15) is 0 Å². The zero-order chi connectivity index (χ0) is 12.3. The average Bonchev–Trinajstić information content (AvgIpc) is 2.12. The van der Waals surface area contributed by atoms with Crippen molar-refractivity contribution in [2.75, 3.05) is 7.11 Å². The molecule has 0 aliphatic heterocycles. The third-order valence-electron chi connectivity index (χ3n) is 2.86. The summed E-state index contributed by atoms with van der Waals surface area (Å²) in [5.41, 5.74) is 1.71. The summed E-state index contributed by atoms with van der Waals surface area (Å²) in [6.45, 7) is 16.6. The van der Waals surface area contributed by atoms with Gasteiger partial charge in [0.15, 0.2) is 0 Å². The van der Waals surface area contributed by atoms with Crippen LogP contribution in [0.15, 0.2) is 12.3 Å². The molecule has 0 spiro atoms. The third-order valence-corrected chi connectivity index (χ3v) is 7.16. The quantitative estimate of drug-likeness (QED) is 0.669.